The van der Waals surface area contributed by atoms with Crippen LogP contribution in [0.4, 0.5) is 17.1 Å². The highest BCUT2D eigenvalue weighted by Gasteiger charge is 2.36. The third-order valence-electron chi connectivity index (χ3n) is 20.0. The number of ether oxygens (including phenoxy) is 3. The number of benzene rings is 8. The lowest BCUT2D eigenvalue weighted by molar-refractivity contribution is -0.133. The van der Waals surface area contributed by atoms with Gasteiger partial charge in [0.1, 0.15) is 29.5 Å². The monoisotopic (exact) mass is 1560 g/mol. The van der Waals surface area contributed by atoms with E-state index in [0.29, 0.717) is 17.0 Å². The highest BCUT2D eigenvalue weighted by atomic mass is 32.1. The summed E-state index contributed by atoms with van der Waals surface area (Å²) < 4.78 is 17.9. The Morgan fingerprint density at radius 2 is 1.10 bits per heavy atom. The summed E-state index contributed by atoms with van der Waals surface area (Å²) in [5.41, 5.74) is 15.1. The van der Waals surface area contributed by atoms with E-state index >= 15 is 0 Å². The van der Waals surface area contributed by atoms with E-state index in [9.17, 15) is 45.2 Å². The molecule has 0 fully saturated rings. The minimum Gasteiger partial charge on any atom is -0.494 e. The van der Waals surface area contributed by atoms with E-state index in [-0.39, 0.29) is 41.1 Å². The van der Waals surface area contributed by atoms with Gasteiger partial charge in [0.05, 0.1) is 29.1 Å². The molecule has 8 aromatic carbocycles. The topological polar surface area (TPSA) is 220 Å². The normalized spacial score (nSPS) is 12.4. The van der Waals surface area contributed by atoms with Gasteiger partial charge in [0, 0.05) is 89.9 Å². The van der Waals surface area contributed by atoms with Crippen molar-refractivity contribution in [1.29, 1.82) is 15.8 Å². The fraction of sp³-hybridized carbons (Fsp3) is 0.170. The molecule has 113 heavy (non-hydrogen) atoms. The zero-order chi connectivity index (χ0) is 79.1. The van der Waals surface area contributed by atoms with Gasteiger partial charge in [-0.3, -0.25) is 14.4 Å². The Balaban J connectivity index is 0.000000202. The number of thiophene rings is 4. The molecular formula is C94H76N6O9S4. The van der Waals surface area contributed by atoms with Gasteiger partial charge in [-0.25, -0.2) is 9.64 Å². The van der Waals surface area contributed by atoms with Crippen LogP contribution >= 0.6 is 45.3 Å². The van der Waals surface area contributed by atoms with E-state index in [1.807, 2.05) is 97.1 Å². The summed E-state index contributed by atoms with van der Waals surface area (Å²) in [6.45, 7) is 17.3. The number of hydrogen-bond acceptors (Lipinski definition) is 15. The van der Waals surface area contributed by atoms with E-state index in [1.165, 1.54) is 132 Å². The van der Waals surface area contributed by atoms with Crippen molar-refractivity contribution in [3.8, 4) is 81.8 Å². The molecule has 13 aromatic rings. The number of aryl methyl sites for hydroxylation is 1. The number of carbonyl (C=O) groups excluding carboxylic acids is 2. The maximum absolute atomic E-state index is 11.7. The average Bonchev–Trinajstić information content (AvgIpc) is 1.58. The zero-order valence-electron chi connectivity index (χ0n) is 62.4. The predicted molar refractivity (Wildman–Crippen MR) is 457 cm³/mol. The summed E-state index contributed by atoms with van der Waals surface area (Å²) in [6.07, 6.45) is 18.7. The molecule has 0 bridgehead atoms. The molecule has 560 valence electrons. The third-order valence-corrected chi connectivity index (χ3v) is 24.8. The number of nitrogens with zero attached hydrogens (tertiary/aromatic N) is 6. The van der Waals surface area contributed by atoms with Crippen molar-refractivity contribution in [2.45, 2.75) is 97.3 Å². The number of unbranched alkanes of at least 4 members (excludes halogenated alkanes) is 9. The van der Waals surface area contributed by atoms with Crippen LogP contribution in [0.2, 0.25) is 0 Å². The number of carboxylic acid groups (broad SMARTS) is 2. The number of fused-ring (bicyclic) bond motifs is 7. The van der Waals surface area contributed by atoms with Crippen molar-refractivity contribution in [3.05, 3.63) is 277 Å². The number of aromatic nitrogens is 1. The van der Waals surface area contributed by atoms with Crippen LogP contribution in [0.5, 0.6) is 5.75 Å². The van der Waals surface area contributed by atoms with Crippen LogP contribution in [0.25, 0.3) is 120 Å². The fourth-order valence-electron chi connectivity index (χ4n) is 14.4. The summed E-state index contributed by atoms with van der Waals surface area (Å²) in [7, 11) is 0. The minimum absolute atomic E-state index is 0.0611. The fourth-order valence-corrected chi connectivity index (χ4v) is 18.8. The van der Waals surface area contributed by atoms with Crippen LogP contribution in [-0.4, -0.2) is 46.3 Å². The second kappa shape index (κ2) is 35.8. The van der Waals surface area contributed by atoms with E-state index in [2.05, 4.69) is 163 Å². The van der Waals surface area contributed by atoms with Gasteiger partial charge in [0.15, 0.2) is 0 Å². The molecule has 0 saturated carbocycles. The molecule has 0 amide bonds. The van der Waals surface area contributed by atoms with E-state index in [4.69, 9.17) is 20.8 Å². The number of nitriles is 3. The largest absolute Gasteiger partial charge is 0.494 e. The van der Waals surface area contributed by atoms with Gasteiger partial charge in [-0.1, -0.05) is 170 Å². The molecule has 1 aliphatic rings. The predicted octanol–water partition coefficient (Wildman–Crippen LogP) is 25.3. The Morgan fingerprint density at radius 3 is 1.73 bits per heavy atom. The third kappa shape index (κ3) is 17.5. The summed E-state index contributed by atoms with van der Waals surface area (Å²) in [4.78, 5) is 57.6. The summed E-state index contributed by atoms with van der Waals surface area (Å²) in [6, 6.07) is 76.0. The molecular weight excluding hydrogens is 1490 g/mol. The summed E-state index contributed by atoms with van der Waals surface area (Å²) in [5.74, 6) is -1.84. The lowest BCUT2D eigenvalue weighted by Crippen LogP contribution is -2.16. The van der Waals surface area contributed by atoms with Crippen molar-refractivity contribution >= 4 is 144 Å². The maximum atomic E-state index is 11.7. The Kier molecular flexibility index (Phi) is 24.8. The first-order valence-electron chi connectivity index (χ1n) is 37.0. The SMILES string of the molecule is Cc1cc(-c2sc(/C=C(\C#N)C(=O)O)c3ccccc23)sc1-c1ccc(N(c2ccc(-c3ccc(/C=C(\C#N)OC=O)s3)cc2)c2ccc3c(c2)C(C)(C)c2ccccc2-3)cc1.[C-]#[N+]/C(=C\c1ccc(-c2ccc3c(c2)c2cc(/C=C(\C#N)OC=O)ccc2n3-c2ccc(OCCCCCCCCCCCC)cc2)s1)C(=O)O. The van der Waals surface area contributed by atoms with E-state index < -0.39 is 11.9 Å². The van der Waals surface area contributed by atoms with Gasteiger partial charge in [0.25, 0.3) is 18.6 Å². The lowest BCUT2D eigenvalue weighted by Gasteiger charge is -2.28. The number of aliphatic carboxylic acids is 2. The summed E-state index contributed by atoms with van der Waals surface area (Å²) >= 11 is 6.11. The van der Waals surface area contributed by atoms with Crippen LogP contribution in [-0.2, 0) is 34.1 Å². The first-order valence-corrected chi connectivity index (χ1v) is 40.3. The molecule has 2 N–H and O–H groups in total. The quantitative estimate of drug-likeness (QED) is 0.0107. The van der Waals surface area contributed by atoms with Crippen molar-refractivity contribution in [3.63, 3.8) is 0 Å². The van der Waals surface area contributed by atoms with Gasteiger partial charge in [0.2, 0.25) is 11.5 Å². The number of hydrogen-bond donors (Lipinski definition) is 2. The van der Waals surface area contributed by atoms with Gasteiger partial charge in [-0.15, -0.1) is 45.3 Å². The number of rotatable bonds is 30. The highest BCUT2D eigenvalue weighted by molar-refractivity contribution is 7.25. The Bertz CT molecular complexity index is 6070. The van der Waals surface area contributed by atoms with Gasteiger partial charge in [-0.2, -0.15) is 15.8 Å². The van der Waals surface area contributed by atoms with Crippen LogP contribution in [0, 0.1) is 47.5 Å². The molecule has 0 spiro atoms. The first kappa shape index (κ1) is 78.2. The van der Waals surface area contributed by atoms with Gasteiger partial charge in [-0.05, 0) is 197 Å². The molecule has 19 heteroatoms. The minimum atomic E-state index is -1.26. The van der Waals surface area contributed by atoms with Crippen molar-refractivity contribution in [2.24, 2.45) is 0 Å². The molecule has 0 saturated heterocycles. The smallest absolute Gasteiger partial charge is 0.346 e. The molecule has 0 unspecified atom stereocenters. The second-order valence-electron chi connectivity index (χ2n) is 27.7. The van der Waals surface area contributed by atoms with E-state index in [0.717, 1.165) is 124 Å². The van der Waals surface area contributed by atoms with Crippen LogP contribution < -0.4 is 9.64 Å². The lowest BCUT2D eigenvalue weighted by atomic mass is 9.82. The van der Waals surface area contributed by atoms with Crippen LogP contribution in [0.15, 0.2) is 229 Å². The van der Waals surface area contributed by atoms with Crippen molar-refractivity contribution in [2.75, 3.05) is 11.5 Å². The molecule has 5 heterocycles. The van der Waals surface area contributed by atoms with Crippen LogP contribution in [0.1, 0.15) is 122 Å². The van der Waals surface area contributed by atoms with Crippen molar-refractivity contribution < 1.29 is 43.6 Å². The molecule has 0 atom stereocenters. The van der Waals surface area contributed by atoms with E-state index in [1.54, 1.807) is 23.5 Å². The van der Waals surface area contributed by atoms with Gasteiger partial charge >= 0.3 is 11.9 Å². The number of carbonyl (C=O) groups is 4. The average molecular weight is 1560 g/mol. The molecule has 5 aromatic heterocycles. The standard InChI is InChI=1S/C52H35N3O4S3.C42H41N3O5S/c1-31-24-48(50-43-10-5-4-9-42(43)47(61-50)25-34(28-53)51(57)58)62-49(31)33-14-18-36(19-15-33)55(37-20-22-41-40-8-6-7-11-44(40)52(2,3)45(41)26-37)35-16-12-32(13-17-35)46-23-21-39(60-46)27-38(29-54)59-30-56;1-3-4-5-6-7-8-9-10-11-12-23-49-33-17-15-32(16-18-33)45-39-20-13-30(24-34(28-43)50-29-46)25-36(39)37-26-31(14-21-40(37)45)41-22-19-35(51-41)27-38(44-2)42(47)48/h4-27,30H,1-3H3,(H,57,58);13-22,24-27,29H,3-12,23H2,1H3,(H,47,48)/b34-25+,38-27+;34-24+,38-27-. The molecule has 0 radical (unpaired) electrons. The zero-order valence-corrected chi connectivity index (χ0v) is 65.7. The maximum Gasteiger partial charge on any atom is 0.346 e. The number of allylic oxidation sites excluding steroid dienone is 2. The second-order valence-corrected chi connectivity index (χ2v) is 32.0. The Morgan fingerprint density at radius 1 is 0.522 bits per heavy atom. The Labute approximate surface area is 671 Å². The van der Waals surface area contributed by atoms with Crippen LogP contribution in [0.3, 0.4) is 0 Å². The molecule has 14 rings (SSSR count). The first-order chi connectivity index (χ1) is 55.0. The molecule has 1 aliphatic carbocycles. The summed E-state index contributed by atoms with van der Waals surface area (Å²) in [5, 5.41) is 50.9. The number of carboxylic acids is 2. The highest BCUT2D eigenvalue weighted by Crippen LogP contribution is 2.52. The van der Waals surface area contributed by atoms with Crippen molar-refractivity contribution in [1.82, 2.24) is 4.57 Å². The molecule has 15 nitrogen and oxygen atoms in total. The Hall–Kier alpha value is -13.0. The van der Waals surface area contributed by atoms with Gasteiger partial charge < -0.3 is 33.9 Å². The number of anilines is 3. The molecule has 0 aliphatic heterocycles.